The second kappa shape index (κ2) is 9.56. The minimum atomic E-state index is -0.184. The van der Waals surface area contributed by atoms with E-state index in [1.807, 2.05) is 48.7 Å². The molecule has 0 unspecified atom stereocenters. The SMILES string of the molecule is Cc1ccccc1OCc1csc(C(=O)Nc2cnn(Cc3ccc(Cl)cc3Cl)c2)c1. The molecule has 0 saturated carbocycles. The van der Waals surface area contributed by atoms with E-state index in [2.05, 4.69) is 10.4 Å². The number of nitrogens with one attached hydrogen (secondary N) is 1. The van der Waals surface area contributed by atoms with Crippen molar-refractivity contribution in [3.05, 3.63) is 97.9 Å². The molecule has 4 aromatic rings. The molecule has 0 atom stereocenters. The van der Waals surface area contributed by atoms with E-state index in [4.69, 9.17) is 27.9 Å². The van der Waals surface area contributed by atoms with Crippen LogP contribution in [0.1, 0.15) is 26.4 Å². The lowest BCUT2D eigenvalue weighted by Gasteiger charge is -2.07. The summed E-state index contributed by atoms with van der Waals surface area (Å²) in [6, 6.07) is 15.0. The highest BCUT2D eigenvalue weighted by molar-refractivity contribution is 7.12. The van der Waals surface area contributed by atoms with Crippen molar-refractivity contribution in [2.75, 3.05) is 5.32 Å². The largest absolute Gasteiger partial charge is 0.489 e. The third-order valence-electron chi connectivity index (χ3n) is 4.60. The van der Waals surface area contributed by atoms with E-state index < -0.39 is 0 Å². The molecule has 0 aliphatic rings. The Bertz CT molecular complexity index is 1220. The Morgan fingerprint density at radius 1 is 1.19 bits per heavy atom. The first kappa shape index (κ1) is 21.4. The summed E-state index contributed by atoms with van der Waals surface area (Å²) in [6.45, 7) is 2.89. The highest BCUT2D eigenvalue weighted by Crippen LogP contribution is 2.23. The Kier molecular flexibility index (Phi) is 6.61. The van der Waals surface area contributed by atoms with Crippen LogP contribution >= 0.6 is 34.5 Å². The Morgan fingerprint density at radius 2 is 2.03 bits per heavy atom. The zero-order chi connectivity index (χ0) is 21.8. The molecule has 8 heteroatoms. The molecule has 0 aliphatic carbocycles. The van der Waals surface area contributed by atoms with Gasteiger partial charge in [-0.2, -0.15) is 5.10 Å². The quantitative estimate of drug-likeness (QED) is 0.337. The van der Waals surface area contributed by atoms with Crippen LogP contribution in [0.25, 0.3) is 0 Å². The molecular formula is C23H19Cl2N3O2S. The van der Waals surface area contributed by atoms with Gasteiger partial charge in [0.25, 0.3) is 5.91 Å². The second-order valence-corrected chi connectivity index (χ2v) is 8.74. The van der Waals surface area contributed by atoms with Crippen molar-refractivity contribution in [2.45, 2.75) is 20.1 Å². The molecule has 0 aliphatic heterocycles. The maximum absolute atomic E-state index is 12.6. The zero-order valence-corrected chi connectivity index (χ0v) is 19.0. The van der Waals surface area contributed by atoms with Crippen LogP contribution in [0.2, 0.25) is 10.0 Å². The summed E-state index contributed by atoms with van der Waals surface area (Å²) >= 11 is 13.5. The number of hydrogen-bond acceptors (Lipinski definition) is 4. The number of anilines is 1. The third-order valence-corrected chi connectivity index (χ3v) is 6.17. The zero-order valence-electron chi connectivity index (χ0n) is 16.6. The summed E-state index contributed by atoms with van der Waals surface area (Å²) < 4.78 is 7.56. The number of benzene rings is 2. The molecule has 1 amide bonds. The fourth-order valence-electron chi connectivity index (χ4n) is 2.98. The average molecular weight is 472 g/mol. The van der Waals surface area contributed by atoms with Gasteiger partial charge in [-0.1, -0.05) is 47.5 Å². The Hall–Kier alpha value is -2.80. The molecule has 0 fully saturated rings. The van der Waals surface area contributed by atoms with Crippen LogP contribution in [0.3, 0.4) is 0 Å². The van der Waals surface area contributed by atoms with Crippen molar-refractivity contribution in [1.29, 1.82) is 0 Å². The molecule has 31 heavy (non-hydrogen) atoms. The molecule has 0 radical (unpaired) electrons. The number of ether oxygens (including phenoxy) is 1. The molecule has 0 bridgehead atoms. The molecule has 0 saturated heterocycles. The van der Waals surface area contributed by atoms with Crippen LogP contribution in [0.4, 0.5) is 5.69 Å². The highest BCUT2D eigenvalue weighted by atomic mass is 35.5. The van der Waals surface area contributed by atoms with E-state index in [1.165, 1.54) is 11.3 Å². The maximum Gasteiger partial charge on any atom is 0.265 e. The van der Waals surface area contributed by atoms with Crippen LogP contribution < -0.4 is 10.1 Å². The molecular weight excluding hydrogens is 453 g/mol. The topological polar surface area (TPSA) is 56.1 Å². The summed E-state index contributed by atoms with van der Waals surface area (Å²) in [5.41, 5.74) is 3.53. The minimum absolute atomic E-state index is 0.184. The summed E-state index contributed by atoms with van der Waals surface area (Å²) in [5, 5.41) is 10.3. The van der Waals surface area contributed by atoms with Gasteiger partial charge >= 0.3 is 0 Å². The van der Waals surface area contributed by atoms with Gasteiger partial charge in [-0.15, -0.1) is 11.3 Å². The molecule has 158 valence electrons. The number of nitrogens with zero attached hydrogens (tertiary/aromatic N) is 2. The first-order chi connectivity index (χ1) is 15.0. The van der Waals surface area contributed by atoms with E-state index in [9.17, 15) is 4.79 Å². The van der Waals surface area contributed by atoms with Crippen LogP contribution in [-0.4, -0.2) is 15.7 Å². The van der Waals surface area contributed by atoms with Crippen LogP contribution in [-0.2, 0) is 13.2 Å². The lowest BCUT2D eigenvalue weighted by Crippen LogP contribution is -2.09. The summed E-state index contributed by atoms with van der Waals surface area (Å²) in [5.74, 6) is 0.657. The normalized spacial score (nSPS) is 10.8. The number of aromatic nitrogens is 2. The Labute approximate surface area is 194 Å². The predicted octanol–water partition coefficient (Wildman–Crippen LogP) is 6.44. The number of rotatable bonds is 7. The van der Waals surface area contributed by atoms with E-state index in [1.54, 1.807) is 29.2 Å². The van der Waals surface area contributed by atoms with Gasteiger partial charge in [0.05, 0.1) is 23.3 Å². The number of hydrogen-bond donors (Lipinski definition) is 1. The molecule has 1 N–H and O–H groups in total. The number of thiophene rings is 1. The lowest BCUT2D eigenvalue weighted by atomic mass is 10.2. The molecule has 4 rings (SSSR count). The average Bonchev–Trinajstić information content (AvgIpc) is 3.39. The van der Waals surface area contributed by atoms with Crippen LogP contribution in [0.15, 0.2) is 66.3 Å². The number of halogens is 2. The van der Waals surface area contributed by atoms with Gasteiger partial charge in [-0.05, 0) is 47.7 Å². The van der Waals surface area contributed by atoms with Crippen molar-refractivity contribution in [3.63, 3.8) is 0 Å². The maximum atomic E-state index is 12.6. The highest BCUT2D eigenvalue weighted by Gasteiger charge is 2.12. The number of carbonyl (C=O) groups is 1. The number of para-hydroxylation sites is 1. The monoisotopic (exact) mass is 471 g/mol. The first-order valence-corrected chi connectivity index (χ1v) is 11.1. The first-order valence-electron chi connectivity index (χ1n) is 9.51. The van der Waals surface area contributed by atoms with Crippen LogP contribution in [0, 0.1) is 6.92 Å². The number of carbonyl (C=O) groups excluding carboxylic acids is 1. The standard InChI is InChI=1S/C23H19Cl2N3O2S/c1-15-4-2-3-5-21(15)30-13-16-8-22(31-14-16)23(29)27-19-10-26-28(12-19)11-17-6-7-18(24)9-20(17)25/h2-10,12,14H,11,13H2,1H3,(H,27,29). The van der Waals surface area contributed by atoms with Crippen molar-refractivity contribution < 1.29 is 9.53 Å². The third kappa shape index (κ3) is 5.47. The Morgan fingerprint density at radius 3 is 2.84 bits per heavy atom. The van der Waals surface area contributed by atoms with E-state index in [0.717, 1.165) is 22.4 Å². The van der Waals surface area contributed by atoms with Gasteiger partial charge in [-0.3, -0.25) is 9.48 Å². The number of aryl methyl sites for hydroxylation is 1. The molecule has 0 spiro atoms. The Balaban J connectivity index is 1.35. The van der Waals surface area contributed by atoms with Crippen molar-refractivity contribution in [3.8, 4) is 5.75 Å². The van der Waals surface area contributed by atoms with Gasteiger partial charge < -0.3 is 10.1 Å². The van der Waals surface area contributed by atoms with E-state index in [0.29, 0.717) is 33.8 Å². The molecule has 5 nitrogen and oxygen atoms in total. The van der Waals surface area contributed by atoms with E-state index in [-0.39, 0.29) is 5.91 Å². The van der Waals surface area contributed by atoms with Crippen LogP contribution in [0.5, 0.6) is 5.75 Å². The fourth-order valence-corrected chi connectivity index (χ4v) is 4.24. The van der Waals surface area contributed by atoms with Gasteiger partial charge in [0.15, 0.2) is 0 Å². The fraction of sp³-hybridized carbons (Fsp3) is 0.130. The molecule has 2 aromatic heterocycles. The number of amides is 1. The van der Waals surface area contributed by atoms with E-state index >= 15 is 0 Å². The van der Waals surface area contributed by atoms with Gasteiger partial charge in [0.2, 0.25) is 0 Å². The van der Waals surface area contributed by atoms with Gasteiger partial charge in [0.1, 0.15) is 12.4 Å². The van der Waals surface area contributed by atoms with Gasteiger partial charge in [0, 0.05) is 21.8 Å². The predicted molar refractivity (Wildman–Crippen MR) is 126 cm³/mol. The minimum Gasteiger partial charge on any atom is -0.489 e. The van der Waals surface area contributed by atoms with Gasteiger partial charge in [-0.25, -0.2) is 0 Å². The van der Waals surface area contributed by atoms with Crippen molar-refractivity contribution >= 4 is 46.1 Å². The van der Waals surface area contributed by atoms with Crippen molar-refractivity contribution in [1.82, 2.24) is 9.78 Å². The smallest absolute Gasteiger partial charge is 0.265 e. The summed E-state index contributed by atoms with van der Waals surface area (Å²) in [6.07, 6.45) is 3.37. The summed E-state index contributed by atoms with van der Waals surface area (Å²) in [7, 11) is 0. The second-order valence-electron chi connectivity index (χ2n) is 6.99. The molecule has 2 aromatic carbocycles. The molecule has 2 heterocycles. The lowest BCUT2D eigenvalue weighted by molar-refractivity contribution is 0.103. The summed E-state index contributed by atoms with van der Waals surface area (Å²) in [4.78, 5) is 13.2. The van der Waals surface area contributed by atoms with Crippen molar-refractivity contribution in [2.24, 2.45) is 0 Å².